The maximum Gasteiger partial charge on any atom is 0.243 e. The van der Waals surface area contributed by atoms with E-state index in [-0.39, 0.29) is 24.3 Å². The third-order valence-electron chi connectivity index (χ3n) is 4.41. The van der Waals surface area contributed by atoms with Crippen molar-refractivity contribution in [3.05, 3.63) is 30.1 Å². The number of amides is 1. The second-order valence-electron chi connectivity index (χ2n) is 6.78. The molecule has 0 radical (unpaired) electrons. The summed E-state index contributed by atoms with van der Waals surface area (Å²) in [4.78, 5) is 19.9. The van der Waals surface area contributed by atoms with Gasteiger partial charge in [-0.2, -0.15) is 0 Å². The van der Waals surface area contributed by atoms with Gasteiger partial charge >= 0.3 is 0 Å². The Labute approximate surface area is 160 Å². The van der Waals surface area contributed by atoms with Crippen LogP contribution in [0.3, 0.4) is 0 Å². The summed E-state index contributed by atoms with van der Waals surface area (Å²) in [5.41, 5.74) is 0.884. The molecule has 0 spiro atoms. The number of anilines is 1. The molecule has 0 bridgehead atoms. The Morgan fingerprint density at radius 2 is 2.26 bits per heavy atom. The lowest BCUT2D eigenvalue weighted by Crippen LogP contribution is -2.52. The normalized spacial score (nSPS) is 17.6. The summed E-state index contributed by atoms with van der Waals surface area (Å²) in [6.07, 6.45) is 1.98. The molecule has 1 amide bonds. The molecule has 2 rings (SSSR count). The summed E-state index contributed by atoms with van der Waals surface area (Å²) < 4.78 is 18.6. The number of rotatable bonds is 7. The maximum absolute atomic E-state index is 13.5. The zero-order chi connectivity index (χ0) is 19.6. The van der Waals surface area contributed by atoms with E-state index in [9.17, 15) is 9.18 Å². The number of hydrogen-bond acceptors (Lipinski definition) is 4. The van der Waals surface area contributed by atoms with Crippen molar-refractivity contribution < 1.29 is 13.9 Å². The molecule has 1 aromatic rings. The molecule has 1 aliphatic heterocycles. The fourth-order valence-electron chi connectivity index (χ4n) is 2.91. The number of hydrogen-bond donors (Lipinski definition) is 2. The summed E-state index contributed by atoms with van der Waals surface area (Å²) >= 11 is 0. The first-order valence-electron chi connectivity index (χ1n) is 9.24. The number of halogens is 1. The van der Waals surface area contributed by atoms with E-state index in [1.165, 1.54) is 11.0 Å². The first-order chi connectivity index (χ1) is 13.0. The summed E-state index contributed by atoms with van der Waals surface area (Å²) in [5, 5.41) is 6.59. The van der Waals surface area contributed by atoms with Crippen molar-refractivity contribution in [2.24, 2.45) is 4.99 Å². The number of nitrogens with zero attached hydrogens (tertiary/aromatic N) is 3. The van der Waals surface area contributed by atoms with E-state index in [2.05, 4.69) is 20.5 Å². The lowest BCUT2D eigenvalue weighted by molar-refractivity contribution is -0.127. The first kappa shape index (κ1) is 21.0. The van der Waals surface area contributed by atoms with Crippen LogP contribution in [0, 0.1) is 5.82 Å². The number of ether oxygens (including phenoxy) is 1. The molecule has 0 saturated carbocycles. The zero-order valence-corrected chi connectivity index (χ0v) is 16.4. The van der Waals surface area contributed by atoms with E-state index in [0.29, 0.717) is 19.1 Å². The molecule has 1 fully saturated rings. The van der Waals surface area contributed by atoms with Gasteiger partial charge in [0.1, 0.15) is 12.4 Å². The van der Waals surface area contributed by atoms with Crippen LogP contribution in [0.2, 0.25) is 0 Å². The molecule has 27 heavy (non-hydrogen) atoms. The van der Waals surface area contributed by atoms with Gasteiger partial charge < -0.3 is 25.2 Å². The van der Waals surface area contributed by atoms with Crippen LogP contribution in [0.4, 0.5) is 10.1 Å². The quantitative estimate of drug-likeness (QED) is 0.421. The van der Waals surface area contributed by atoms with E-state index in [1.807, 2.05) is 6.07 Å². The zero-order valence-electron chi connectivity index (χ0n) is 16.4. The highest BCUT2D eigenvalue weighted by molar-refractivity contribution is 5.85. The molecule has 8 heteroatoms. The van der Waals surface area contributed by atoms with Gasteiger partial charge in [-0.25, -0.2) is 9.38 Å². The second-order valence-corrected chi connectivity index (χ2v) is 6.78. The number of aliphatic imine (C=N–C) groups is 1. The van der Waals surface area contributed by atoms with Crippen molar-refractivity contribution in [1.29, 1.82) is 0 Å². The fraction of sp³-hybridized carbons (Fsp3) is 0.579. The second kappa shape index (κ2) is 10.7. The van der Waals surface area contributed by atoms with E-state index in [4.69, 9.17) is 4.74 Å². The number of likely N-dealkylation sites (N-methyl/N-ethyl adjacent to an activating group) is 1. The van der Waals surface area contributed by atoms with Gasteiger partial charge in [0.05, 0.1) is 6.61 Å². The number of benzene rings is 1. The number of carbonyl (C=O) groups excluding carboxylic acids is 1. The lowest BCUT2D eigenvalue weighted by Gasteiger charge is -2.35. The smallest absolute Gasteiger partial charge is 0.243 e. The molecule has 1 aliphatic rings. The molecular weight excluding hydrogens is 349 g/mol. The van der Waals surface area contributed by atoms with Crippen LogP contribution >= 0.6 is 0 Å². The van der Waals surface area contributed by atoms with Crippen LogP contribution in [0.5, 0.6) is 0 Å². The highest BCUT2D eigenvalue weighted by Gasteiger charge is 2.21. The van der Waals surface area contributed by atoms with Crippen LogP contribution in [-0.2, 0) is 9.53 Å². The highest BCUT2D eigenvalue weighted by Crippen LogP contribution is 2.20. The van der Waals surface area contributed by atoms with Gasteiger partial charge in [0.25, 0.3) is 0 Å². The lowest BCUT2D eigenvalue weighted by atomic mass is 10.0. The molecule has 1 heterocycles. The predicted octanol–water partition coefficient (Wildman–Crippen LogP) is 1.06. The third-order valence-corrected chi connectivity index (χ3v) is 4.41. The minimum absolute atomic E-state index is 0.0622. The van der Waals surface area contributed by atoms with Crippen molar-refractivity contribution in [1.82, 2.24) is 15.5 Å². The summed E-state index contributed by atoms with van der Waals surface area (Å²) in [6, 6.07) is 6.82. The fourth-order valence-corrected chi connectivity index (χ4v) is 2.91. The van der Waals surface area contributed by atoms with Crippen molar-refractivity contribution in [3.8, 4) is 0 Å². The van der Waals surface area contributed by atoms with Gasteiger partial charge in [-0.05, 0) is 31.0 Å². The minimum atomic E-state index is -0.228. The van der Waals surface area contributed by atoms with Crippen LogP contribution in [-0.4, -0.2) is 76.8 Å². The predicted molar refractivity (Wildman–Crippen MR) is 106 cm³/mol. The Morgan fingerprint density at radius 3 is 2.96 bits per heavy atom. The van der Waals surface area contributed by atoms with Crippen molar-refractivity contribution in [2.75, 3.05) is 58.9 Å². The molecule has 2 N–H and O–H groups in total. The van der Waals surface area contributed by atoms with Crippen molar-refractivity contribution >= 4 is 17.6 Å². The average molecular weight is 379 g/mol. The van der Waals surface area contributed by atoms with E-state index < -0.39 is 0 Å². The van der Waals surface area contributed by atoms with Gasteiger partial charge in [0.2, 0.25) is 5.91 Å². The molecule has 1 unspecified atom stereocenters. The standard InChI is InChI=1S/C19H30FN5O2/c1-24(2)18(26)13-22-19(21-9-11-27-3)23-16-7-5-10-25(14-16)17-8-4-6-15(20)12-17/h4,6,8,12,16H,5,7,9-11,13-14H2,1-3H3,(H2,21,22,23). The number of nitrogens with one attached hydrogen (secondary N) is 2. The number of piperidine rings is 1. The topological polar surface area (TPSA) is 69.2 Å². The van der Waals surface area contributed by atoms with E-state index in [0.717, 1.165) is 31.6 Å². The Kier molecular flexibility index (Phi) is 8.32. The monoisotopic (exact) mass is 379 g/mol. The molecule has 0 aromatic heterocycles. The maximum atomic E-state index is 13.5. The molecule has 150 valence electrons. The Bertz CT molecular complexity index is 638. The minimum Gasteiger partial charge on any atom is -0.383 e. The molecular formula is C19H30FN5O2. The SMILES string of the molecule is COCCNC(=NCC(=O)N(C)C)NC1CCCN(c2cccc(F)c2)C1. The van der Waals surface area contributed by atoms with Crippen LogP contribution < -0.4 is 15.5 Å². The summed E-state index contributed by atoms with van der Waals surface area (Å²) in [7, 11) is 5.06. The summed E-state index contributed by atoms with van der Waals surface area (Å²) in [5.74, 6) is 0.300. The van der Waals surface area contributed by atoms with Crippen molar-refractivity contribution in [2.45, 2.75) is 18.9 Å². The average Bonchev–Trinajstić information content (AvgIpc) is 2.66. The first-order valence-corrected chi connectivity index (χ1v) is 9.24. The molecule has 1 aromatic carbocycles. The Balaban J connectivity index is 1.99. The summed E-state index contributed by atoms with van der Waals surface area (Å²) in [6.45, 7) is 2.86. The third kappa shape index (κ3) is 7.05. The van der Waals surface area contributed by atoms with E-state index in [1.54, 1.807) is 33.3 Å². The Hall–Kier alpha value is -2.35. The molecule has 7 nitrogen and oxygen atoms in total. The number of methoxy groups -OCH3 is 1. The van der Waals surface area contributed by atoms with Gasteiger partial charge in [-0.1, -0.05) is 6.07 Å². The Morgan fingerprint density at radius 1 is 1.44 bits per heavy atom. The van der Waals surface area contributed by atoms with Gasteiger partial charge in [-0.15, -0.1) is 0 Å². The molecule has 1 atom stereocenters. The van der Waals surface area contributed by atoms with Crippen LogP contribution in [0.15, 0.2) is 29.3 Å². The van der Waals surface area contributed by atoms with Crippen LogP contribution in [0.25, 0.3) is 0 Å². The molecule has 0 aliphatic carbocycles. The van der Waals surface area contributed by atoms with E-state index >= 15 is 0 Å². The van der Waals surface area contributed by atoms with Gasteiger partial charge in [-0.3, -0.25) is 4.79 Å². The van der Waals surface area contributed by atoms with Crippen LogP contribution in [0.1, 0.15) is 12.8 Å². The molecule has 1 saturated heterocycles. The number of guanidine groups is 1. The highest BCUT2D eigenvalue weighted by atomic mass is 19.1. The van der Waals surface area contributed by atoms with Crippen molar-refractivity contribution in [3.63, 3.8) is 0 Å². The number of carbonyl (C=O) groups is 1. The van der Waals surface area contributed by atoms with Gasteiger partial charge in [0, 0.05) is 52.6 Å². The largest absolute Gasteiger partial charge is 0.383 e. The van der Waals surface area contributed by atoms with Gasteiger partial charge in [0.15, 0.2) is 5.96 Å².